The molecule has 0 aromatic heterocycles. The number of hydrogen-bond acceptors (Lipinski definition) is 4. The van der Waals surface area contributed by atoms with E-state index in [1.54, 1.807) is 0 Å². The van der Waals surface area contributed by atoms with Gasteiger partial charge in [0.05, 0.1) is 5.92 Å². The van der Waals surface area contributed by atoms with Gasteiger partial charge < -0.3 is 14.6 Å². The summed E-state index contributed by atoms with van der Waals surface area (Å²) in [7, 11) is 0. The number of aliphatic carboxylic acids is 1. The summed E-state index contributed by atoms with van der Waals surface area (Å²) in [5.41, 5.74) is 0. The molecule has 0 amide bonds. The molecular formula is C16H19NO4. The molecule has 21 heavy (non-hydrogen) atoms. The first-order valence-corrected chi connectivity index (χ1v) is 7.59. The van der Waals surface area contributed by atoms with Gasteiger partial charge in [0.2, 0.25) is 0 Å². The fourth-order valence-electron chi connectivity index (χ4n) is 4.04. The molecule has 3 aliphatic heterocycles. The summed E-state index contributed by atoms with van der Waals surface area (Å²) in [4.78, 5) is 13.6. The number of carboxylic acid groups (broad SMARTS) is 1. The van der Waals surface area contributed by atoms with Crippen molar-refractivity contribution in [3.8, 4) is 11.5 Å². The third kappa shape index (κ3) is 2.16. The minimum absolute atomic E-state index is 0.0180. The smallest absolute Gasteiger partial charge is 0.308 e. The average molecular weight is 289 g/mol. The summed E-state index contributed by atoms with van der Waals surface area (Å²) in [6, 6.07) is 8.27. The number of fused-ring (bicyclic) bond motifs is 3. The number of benzene rings is 1. The van der Waals surface area contributed by atoms with Crippen LogP contribution in [-0.2, 0) is 4.79 Å². The standard InChI is InChI=1S/C16H19NO4/c18-16(19)12-7-10-5-6-13(12)17(10)8-11-9-20-14-3-1-2-4-15(14)21-11/h1-4,10-13H,5-9H2,(H,18,19). The summed E-state index contributed by atoms with van der Waals surface area (Å²) in [5.74, 6) is 0.718. The zero-order valence-electron chi connectivity index (χ0n) is 11.8. The van der Waals surface area contributed by atoms with E-state index in [1.165, 1.54) is 0 Å². The van der Waals surface area contributed by atoms with Crippen LogP contribution in [0.1, 0.15) is 19.3 Å². The van der Waals surface area contributed by atoms with Crippen LogP contribution in [0.2, 0.25) is 0 Å². The Bertz CT molecular complexity index is 561. The Morgan fingerprint density at radius 1 is 1.29 bits per heavy atom. The highest BCUT2D eigenvalue weighted by atomic mass is 16.6. The SMILES string of the molecule is O=C(O)C1CC2CCC1N2CC1COc2ccccc2O1. The van der Waals surface area contributed by atoms with Gasteiger partial charge in [-0.15, -0.1) is 0 Å². The van der Waals surface area contributed by atoms with E-state index in [4.69, 9.17) is 9.47 Å². The molecule has 5 heteroatoms. The molecule has 0 radical (unpaired) electrons. The van der Waals surface area contributed by atoms with E-state index in [0.717, 1.165) is 37.3 Å². The van der Waals surface area contributed by atoms with Gasteiger partial charge >= 0.3 is 5.97 Å². The lowest BCUT2D eigenvalue weighted by Crippen LogP contribution is -2.44. The van der Waals surface area contributed by atoms with Crippen molar-refractivity contribution >= 4 is 5.97 Å². The number of hydrogen-bond donors (Lipinski definition) is 1. The minimum Gasteiger partial charge on any atom is -0.486 e. The van der Waals surface area contributed by atoms with Crippen molar-refractivity contribution in [1.82, 2.24) is 4.90 Å². The zero-order valence-corrected chi connectivity index (χ0v) is 11.8. The maximum absolute atomic E-state index is 11.3. The minimum atomic E-state index is -0.654. The molecule has 4 atom stereocenters. The second kappa shape index (κ2) is 4.91. The maximum atomic E-state index is 11.3. The molecule has 1 aromatic carbocycles. The number of ether oxygens (including phenoxy) is 2. The number of para-hydroxylation sites is 2. The van der Waals surface area contributed by atoms with Gasteiger partial charge in [0.25, 0.3) is 0 Å². The van der Waals surface area contributed by atoms with Gasteiger partial charge in [-0.1, -0.05) is 12.1 Å². The molecule has 3 aliphatic rings. The highest BCUT2D eigenvalue weighted by Gasteiger charge is 2.49. The molecule has 112 valence electrons. The Hall–Kier alpha value is -1.75. The lowest BCUT2D eigenvalue weighted by molar-refractivity contribution is -0.142. The molecular weight excluding hydrogens is 270 g/mol. The van der Waals surface area contributed by atoms with Crippen LogP contribution in [0, 0.1) is 5.92 Å². The molecule has 2 fully saturated rings. The predicted octanol–water partition coefficient (Wildman–Crippen LogP) is 1.76. The van der Waals surface area contributed by atoms with Gasteiger partial charge in [0.1, 0.15) is 12.7 Å². The monoisotopic (exact) mass is 289 g/mol. The van der Waals surface area contributed by atoms with Gasteiger partial charge in [0.15, 0.2) is 11.5 Å². The Balaban J connectivity index is 1.45. The third-order valence-corrected chi connectivity index (χ3v) is 4.98. The van der Waals surface area contributed by atoms with Gasteiger partial charge in [-0.05, 0) is 31.4 Å². The summed E-state index contributed by atoms with van der Waals surface area (Å²) in [6.45, 7) is 1.29. The number of carbonyl (C=O) groups is 1. The van der Waals surface area contributed by atoms with Crippen molar-refractivity contribution in [2.75, 3.05) is 13.2 Å². The molecule has 0 saturated carbocycles. The highest BCUT2D eigenvalue weighted by Crippen LogP contribution is 2.42. The molecule has 4 unspecified atom stereocenters. The molecule has 3 heterocycles. The van der Waals surface area contributed by atoms with Crippen molar-refractivity contribution in [2.24, 2.45) is 5.92 Å². The van der Waals surface area contributed by atoms with Crippen LogP contribution in [0.15, 0.2) is 24.3 Å². The van der Waals surface area contributed by atoms with Gasteiger partial charge in [-0.2, -0.15) is 0 Å². The number of carboxylic acids is 1. The summed E-state index contributed by atoms with van der Waals surface area (Å²) in [6.07, 6.45) is 2.87. The normalized spacial score (nSPS) is 34.1. The Morgan fingerprint density at radius 3 is 2.86 bits per heavy atom. The van der Waals surface area contributed by atoms with E-state index in [-0.39, 0.29) is 18.1 Å². The van der Waals surface area contributed by atoms with Crippen LogP contribution in [0.25, 0.3) is 0 Å². The first kappa shape index (κ1) is 13.0. The second-order valence-corrected chi connectivity index (χ2v) is 6.17. The zero-order chi connectivity index (χ0) is 14.4. The molecule has 1 N–H and O–H groups in total. The lowest BCUT2D eigenvalue weighted by Gasteiger charge is -2.31. The maximum Gasteiger partial charge on any atom is 0.308 e. The topological polar surface area (TPSA) is 59.0 Å². The molecule has 0 aliphatic carbocycles. The van der Waals surface area contributed by atoms with Crippen molar-refractivity contribution < 1.29 is 19.4 Å². The van der Waals surface area contributed by atoms with Crippen molar-refractivity contribution in [3.05, 3.63) is 24.3 Å². The first-order chi connectivity index (χ1) is 10.2. The van der Waals surface area contributed by atoms with Crippen molar-refractivity contribution in [3.63, 3.8) is 0 Å². The Morgan fingerprint density at radius 2 is 2.10 bits per heavy atom. The average Bonchev–Trinajstić information content (AvgIpc) is 3.04. The van der Waals surface area contributed by atoms with Crippen LogP contribution in [0.3, 0.4) is 0 Å². The Kier molecular flexibility index (Phi) is 3.03. The summed E-state index contributed by atoms with van der Waals surface area (Å²) in [5, 5.41) is 9.31. The van der Waals surface area contributed by atoms with Crippen LogP contribution in [0.5, 0.6) is 11.5 Å². The summed E-state index contributed by atoms with van der Waals surface area (Å²) < 4.78 is 11.7. The van der Waals surface area contributed by atoms with E-state index < -0.39 is 5.97 Å². The molecule has 5 nitrogen and oxygen atoms in total. The first-order valence-electron chi connectivity index (χ1n) is 7.59. The molecule has 2 saturated heterocycles. The van der Waals surface area contributed by atoms with Gasteiger partial charge in [-0.25, -0.2) is 0 Å². The van der Waals surface area contributed by atoms with E-state index in [1.807, 2.05) is 24.3 Å². The van der Waals surface area contributed by atoms with E-state index >= 15 is 0 Å². The fraction of sp³-hybridized carbons (Fsp3) is 0.562. The summed E-state index contributed by atoms with van der Waals surface area (Å²) >= 11 is 0. The second-order valence-electron chi connectivity index (χ2n) is 6.17. The van der Waals surface area contributed by atoms with Crippen LogP contribution >= 0.6 is 0 Å². The molecule has 4 rings (SSSR count). The predicted molar refractivity (Wildman–Crippen MR) is 75.6 cm³/mol. The van der Waals surface area contributed by atoms with Crippen molar-refractivity contribution in [1.29, 1.82) is 0 Å². The highest BCUT2D eigenvalue weighted by molar-refractivity contribution is 5.71. The van der Waals surface area contributed by atoms with E-state index in [2.05, 4.69) is 4.90 Å². The van der Waals surface area contributed by atoms with E-state index in [9.17, 15) is 9.90 Å². The number of nitrogens with zero attached hydrogens (tertiary/aromatic N) is 1. The van der Waals surface area contributed by atoms with Crippen LogP contribution < -0.4 is 9.47 Å². The number of rotatable bonds is 3. The van der Waals surface area contributed by atoms with Crippen molar-refractivity contribution in [2.45, 2.75) is 37.5 Å². The molecule has 0 spiro atoms. The largest absolute Gasteiger partial charge is 0.486 e. The molecule has 1 aromatic rings. The lowest BCUT2D eigenvalue weighted by atomic mass is 9.89. The van der Waals surface area contributed by atoms with Crippen LogP contribution in [0.4, 0.5) is 0 Å². The van der Waals surface area contributed by atoms with Gasteiger partial charge in [0, 0.05) is 18.6 Å². The van der Waals surface area contributed by atoms with Gasteiger partial charge in [-0.3, -0.25) is 9.69 Å². The quantitative estimate of drug-likeness (QED) is 0.919. The van der Waals surface area contributed by atoms with Crippen LogP contribution in [-0.4, -0.2) is 47.3 Å². The third-order valence-electron chi connectivity index (χ3n) is 4.98. The van der Waals surface area contributed by atoms with E-state index in [0.29, 0.717) is 12.6 Å². The molecule has 2 bridgehead atoms. The fourth-order valence-corrected chi connectivity index (χ4v) is 4.04. The Labute approximate surface area is 123 Å².